The van der Waals surface area contributed by atoms with Gasteiger partial charge in [0.25, 0.3) is 0 Å². The van der Waals surface area contributed by atoms with Gasteiger partial charge < -0.3 is 9.84 Å². The average Bonchev–Trinajstić information content (AvgIpc) is 2.40. The van der Waals surface area contributed by atoms with Gasteiger partial charge >= 0.3 is 0 Å². The Morgan fingerprint density at radius 2 is 1.85 bits per heavy atom. The Hall–Kier alpha value is -1.94. The molecular weight excluding hydrogens is 257 g/mol. The van der Waals surface area contributed by atoms with E-state index in [4.69, 9.17) is 4.74 Å². The maximum Gasteiger partial charge on any atom is 0.141 e. The van der Waals surface area contributed by atoms with Crippen LogP contribution in [0.5, 0.6) is 5.75 Å². The van der Waals surface area contributed by atoms with Crippen LogP contribution in [0.15, 0.2) is 30.6 Å². The van der Waals surface area contributed by atoms with Crippen molar-refractivity contribution in [3.63, 3.8) is 0 Å². The Morgan fingerprint density at radius 1 is 1.15 bits per heavy atom. The van der Waals surface area contributed by atoms with Crippen molar-refractivity contribution in [2.75, 3.05) is 7.11 Å². The average molecular weight is 275 g/mol. The first-order valence-electron chi connectivity index (χ1n) is 6.35. The Bertz CT molecular complexity index is 638. The van der Waals surface area contributed by atoms with Crippen molar-refractivity contribution >= 4 is 0 Å². The largest absolute Gasteiger partial charge is 0.496 e. The van der Waals surface area contributed by atoms with Crippen molar-refractivity contribution in [1.29, 1.82) is 0 Å². The van der Waals surface area contributed by atoms with E-state index in [0.29, 0.717) is 11.1 Å². The van der Waals surface area contributed by atoms with Gasteiger partial charge in [-0.25, -0.2) is 4.39 Å². The van der Waals surface area contributed by atoms with Gasteiger partial charge in [-0.15, -0.1) is 0 Å². The molecule has 0 amide bonds. The lowest BCUT2D eigenvalue weighted by molar-refractivity contribution is 0.101. The normalized spacial score (nSPS) is 13.9. The molecule has 1 N–H and O–H groups in total. The van der Waals surface area contributed by atoms with Crippen LogP contribution in [0.3, 0.4) is 0 Å². The number of nitrogens with zero attached hydrogens (tertiary/aromatic N) is 1. The molecule has 1 aromatic carbocycles. The molecule has 0 aliphatic rings. The van der Waals surface area contributed by atoms with E-state index in [9.17, 15) is 9.50 Å². The van der Waals surface area contributed by atoms with E-state index in [1.807, 2.05) is 26.0 Å². The molecule has 0 saturated heterocycles. The number of hydrogen-bond donors (Lipinski definition) is 1. The third kappa shape index (κ3) is 2.51. The highest BCUT2D eigenvalue weighted by Crippen LogP contribution is 2.34. The van der Waals surface area contributed by atoms with Gasteiger partial charge in [-0.1, -0.05) is 0 Å². The first-order valence-corrected chi connectivity index (χ1v) is 6.35. The van der Waals surface area contributed by atoms with Crippen molar-refractivity contribution < 1.29 is 14.2 Å². The molecular formula is C16H18FNO2. The van der Waals surface area contributed by atoms with E-state index in [1.165, 1.54) is 12.3 Å². The molecule has 0 saturated carbocycles. The fourth-order valence-corrected chi connectivity index (χ4v) is 2.37. The van der Waals surface area contributed by atoms with Gasteiger partial charge in [0.05, 0.1) is 13.3 Å². The van der Waals surface area contributed by atoms with Crippen LogP contribution in [0.25, 0.3) is 0 Å². The summed E-state index contributed by atoms with van der Waals surface area (Å²) in [5, 5.41) is 10.8. The van der Waals surface area contributed by atoms with Crippen LogP contribution in [0.1, 0.15) is 29.2 Å². The van der Waals surface area contributed by atoms with Crippen molar-refractivity contribution in [2.45, 2.75) is 26.4 Å². The number of rotatable bonds is 3. The third-order valence-corrected chi connectivity index (χ3v) is 3.53. The molecule has 3 nitrogen and oxygen atoms in total. The van der Waals surface area contributed by atoms with Crippen LogP contribution < -0.4 is 4.74 Å². The molecule has 0 aliphatic carbocycles. The van der Waals surface area contributed by atoms with E-state index in [-0.39, 0.29) is 0 Å². The molecule has 0 fully saturated rings. The van der Waals surface area contributed by atoms with Crippen molar-refractivity contribution in [1.82, 2.24) is 4.98 Å². The second kappa shape index (κ2) is 5.21. The van der Waals surface area contributed by atoms with Crippen LogP contribution in [0.2, 0.25) is 0 Å². The summed E-state index contributed by atoms with van der Waals surface area (Å²) in [5.74, 6) is 0.296. The Balaban J connectivity index is 2.57. The molecule has 0 aliphatic heterocycles. The second-order valence-corrected chi connectivity index (χ2v) is 5.10. The summed E-state index contributed by atoms with van der Waals surface area (Å²) in [4.78, 5) is 3.80. The SMILES string of the molecule is COc1cc(C)c(C(C)(O)c2cncc(F)c2)cc1C. The molecule has 20 heavy (non-hydrogen) atoms. The number of pyridine rings is 1. The molecule has 1 aromatic heterocycles. The molecule has 2 aromatic rings. The molecule has 2 rings (SSSR count). The zero-order chi connectivity index (χ0) is 14.9. The van der Waals surface area contributed by atoms with Crippen molar-refractivity contribution in [3.05, 3.63) is 58.7 Å². The maximum absolute atomic E-state index is 13.3. The van der Waals surface area contributed by atoms with Crippen LogP contribution in [0, 0.1) is 19.7 Å². The van der Waals surface area contributed by atoms with Gasteiger partial charge in [0.15, 0.2) is 0 Å². The molecule has 1 heterocycles. The highest BCUT2D eigenvalue weighted by atomic mass is 19.1. The standard InChI is InChI=1S/C16H18FNO2/c1-10-6-15(20-4)11(2)5-14(10)16(3,19)12-7-13(17)9-18-8-12/h5-9,19H,1-4H3. The number of aromatic nitrogens is 1. The number of aliphatic hydroxyl groups is 1. The number of aryl methyl sites for hydroxylation is 2. The number of halogens is 1. The van der Waals surface area contributed by atoms with E-state index < -0.39 is 11.4 Å². The van der Waals surface area contributed by atoms with E-state index in [2.05, 4.69) is 4.98 Å². The first kappa shape index (κ1) is 14.5. The number of hydrogen-bond acceptors (Lipinski definition) is 3. The van der Waals surface area contributed by atoms with Gasteiger partial charge in [-0.05, 0) is 55.7 Å². The second-order valence-electron chi connectivity index (χ2n) is 5.10. The summed E-state index contributed by atoms with van der Waals surface area (Å²) in [7, 11) is 1.61. The minimum absolute atomic E-state index is 0.421. The van der Waals surface area contributed by atoms with Crippen molar-refractivity contribution in [2.24, 2.45) is 0 Å². The summed E-state index contributed by atoms with van der Waals surface area (Å²) >= 11 is 0. The number of benzene rings is 1. The summed E-state index contributed by atoms with van der Waals surface area (Å²) < 4.78 is 18.6. The molecule has 0 spiro atoms. The summed E-state index contributed by atoms with van der Waals surface area (Å²) in [6.07, 6.45) is 2.59. The van der Waals surface area contributed by atoms with Crippen LogP contribution in [0.4, 0.5) is 4.39 Å². The van der Waals surface area contributed by atoms with Crippen molar-refractivity contribution in [3.8, 4) is 5.75 Å². The van der Waals surface area contributed by atoms with E-state index >= 15 is 0 Å². The Kier molecular flexibility index (Phi) is 3.77. The highest BCUT2D eigenvalue weighted by Gasteiger charge is 2.29. The topological polar surface area (TPSA) is 42.4 Å². The zero-order valence-corrected chi connectivity index (χ0v) is 12.1. The predicted molar refractivity (Wildman–Crippen MR) is 75.3 cm³/mol. The first-order chi connectivity index (χ1) is 9.36. The molecule has 1 atom stereocenters. The summed E-state index contributed by atoms with van der Waals surface area (Å²) in [5.41, 5.74) is 1.61. The Morgan fingerprint density at radius 3 is 2.45 bits per heavy atom. The van der Waals surface area contributed by atoms with Gasteiger partial charge in [0.1, 0.15) is 17.2 Å². The van der Waals surface area contributed by atoms with Crippen LogP contribution >= 0.6 is 0 Å². The lowest BCUT2D eigenvalue weighted by Gasteiger charge is -2.27. The van der Waals surface area contributed by atoms with E-state index in [1.54, 1.807) is 14.0 Å². The zero-order valence-electron chi connectivity index (χ0n) is 12.1. The minimum Gasteiger partial charge on any atom is -0.496 e. The van der Waals surface area contributed by atoms with Gasteiger partial charge in [0.2, 0.25) is 0 Å². The molecule has 1 unspecified atom stereocenters. The molecule has 106 valence electrons. The summed E-state index contributed by atoms with van der Waals surface area (Å²) in [6.45, 7) is 5.43. The van der Waals surface area contributed by atoms with E-state index in [0.717, 1.165) is 23.1 Å². The molecule has 0 radical (unpaired) electrons. The van der Waals surface area contributed by atoms with Crippen LogP contribution in [-0.2, 0) is 5.60 Å². The Labute approximate surface area is 118 Å². The number of methoxy groups -OCH3 is 1. The fourth-order valence-electron chi connectivity index (χ4n) is 2.37. The smallest absolute Gasteiger partial charge is 0.141 e. The molecule has 4 heteroatoms. The summed E-state index contributed by atoms with van der Waals surface area (Å²) in [6, 6.07) is 5.02. The third-order valence-electron chi connectivity index (χ3n) is 3.53. The van der Waals surface area contributed by atoms with Gasteiger partial charge in [-0.2, -0.15) is 0 Å². The minimum atomic E-state index is -1.31. The predicted octanol–water partition coefficient (Wildman–Crippen LogP) is 3.10. The lowest BCUT2D eigenvalue weighted by Crippen LogP contribution is -2.24. The monoisotopic (exact) mass is 275 g/mol. The molecule has 0 bridgehead atoms. The number of ether oxygens (including phenoxy) is 1. The van der Waals surface area contributed by atoms with Gasteiger partial charge in [-0.3, -0.25) is 4.98 Å². The van der Waals surface area contributed by atoms with Gasteiger partial charge in [0, 0.05) is 11.8 Å². The quantitative estimate of drug-likeness (QED) is 0.936. The highest BCUT2D eigenvalue weighted by molar-refractivity contribution is 5.47. The lowest BCUT2D eigenvalue weighted by atomic mass is 9.85. The fraction of sp³-hybridized carbons (Fsp3) is 0.312. The van der Waals surface area contributed by atoms with Crippen LogP contribution in [-0.4, -0.2) is 17.2 Å². The maximum atomic E-state index is 13.3.